The summed E-state index contributed by atoms with van der Waals surface area (Å²) in [5, 5.41) is 6.01. The van der Waals surface area contributed by atoms with Crippen LogP contribution >= 0.6 is 0 Å². The molecule has 1 saturated heterocycles. The van der Waals surface area contributed by atoms with Crippen molar-refractivity contribution < 1.29 is 33.1 Å². The number of ether oxygens (including phenoxy) is 3. The molecular formula is C35H66N3O6+. The van der Waals surface area contributed by atoms with E-state index in [4.69, 9.17) is 14.2 Å². The summed E-state index contributed by atoms with van der Waals surface area (Å²) in [6, 6.07) is -0.119. The van der Waals surface area contributed by atoms with Gasteiger partial charge in [-0.2, -0.15) is 0 Å². The van der Waals surface area contributed by atoms with Crippen molar-refractivity contribution in [3.63, 3.8) is 0 Å². The van der Waals surface area contributed by atoms with E-state index in [1.165, 1.54) is 57.8 Å². The number of esters is 1. The normalized spacial score (nSPS) is 23.4. The van der Waals surface area contributed by atoms with Gasteiger partial charge in [-0.15, -0.1) is 0 Å². The van der Waals surface area contributed by atoms with Gasteiger partial charge in [-0.05, 0) is 39.5 Å². The molecule has 0 aromatic rings. The van der Waals surface area contributed by atoms with Gasteiger partial charge in [-0.25, -0.2) is 9.28 Å². The fraction of sp³-hybridized carbons (Fsp3) is 0.914. The largest absolute Gasteiger partial charge is 0.456 e. The van der Waals surface area contributed by atoms with E-state index in [-0.39, 0.29) is 47.5 Å². The highest BCUT2D eigenvalue weighted by Crippen LogP contribution is 2.35. The zero-order valence-corrected chi connectivity index (χ0v) is 29.3. The van der Waals surface area contributed by atoms with Crippen molar-refractivity contribution in [2.75, 3.05) is 33.8 Å². The van der Waals surface area contributed by atoms with Crippen molar-refractivity contribution in [2.24, 2.45) is 5.41 Å². The minimum absolute atomic E-state index is 0.0145. The lowest BCUT2D eigenvalue weighted by Crippen LogP contribution is -2.61. The second-order valence-electron chi connectivity index (χ2n) is 14.8. The maximum atomic E-state index is 13.3. The standard InChI is InChI=1S/C35H65N3O6/c1-8-9-10-11-12-13-14-15-16-17-21-25-37-33(41)38(6,7)28-22-19-18-20-23-29(28)43-30(39)24-26-36-32(40)31-34(2,3)27-42-35(4,5)44-31/h28-29,31H,8-27H2,1-7H3,(H-,36,37,40,41)/p+1. The molecule has 44 heavy (non-hydrogen) atoms. The van der Waals surface area contributed by atoms with Gasteiger partial charge in [-0.1, -0.05) is 91.4 Å². The third kappa shape index (κ3) is 13.3. The van der Waals surface area contributed by atoms with Crippen LogP contribution in [0.5, 0.6) is 0 Å². The van der Waals surface area contributed by atoms with Crippen LogP contribution in [-0.2, 0) is 23.8 Å². The van der Waals surface area contributed by atoms with E-state index in [1.54, 1.807) is 13.8 Å². The van der Waals surface area contributed by atoms with E-state index in [0.717, 1.165) is 44.9 Å². The number of amides is 3. The number of rotatable bonds is 18. The Morgan fingerprint density at radius 1 is 0.795 bits per heavy atom. The van der Waals surface area contributed by atoms with Crippen LogP contribution in [0, 0.1) is 5.41 Å². The molecule has 3 atom stereocenters. The molecule has 2 aliphatic rings. The van der Waals surface area contributed by atoms with Crippen LogP contribution in [0.25, 0.3) is 0 Å². The quantitative estimate of drug-likeness (QED) is 0.0736. The first-order valence-corrected chi connectivity index (χ1v) is 17.7. The second kappa shape index (κ2) is 19.1. The maximum Gasteiger partial charge on any atom is 0.416 e. The van der Waals surface area contributed by atoms with Crippen molar-refractivity contribution in [1.29, 1.82) is 0 Å². The third-order valence-corrected chi connectivity index (χ3v) is 9.38. The minimum Gasteiger partial charge on any atom is -0.456 e. The summed E-state index contributed by atoms with van der Waals surface area (Å²) < 4.78 is 17.8. The van der Waals surface area contributed by atoms with Gasteiger partial charge in [0.25, 0.3) is 0 Å². The molecule has 9 heteroatoms. The summed E-state index contributed by atoms with van der Waals surface area (Å²) in [6.07, 6.45) is 17.8. The molecule has 0 spiro atoms. The predicted molar refractivity (Wildman–Crippen MR) is 175 cm³/mol. The van der Waals surface area contributed by atoms with Crippen molar-refractivity contribution in [2.45, 2.75) is 168 Å². The Kier molecular flexibility index (Phi) is 16.7. The number of urea groups is 1. The lowest BCUT2D eigenvalue weighted by Gasteiger charge is -2.44. The number of hydrogen-bond donors (Lipinski definition) is 2. The molecule has 0 aromatic heterocycles. The molecule has 3 amide bonds. The van der Waals surface area contributed by atoms with E-state index in [9.17, 15) is 14.4 Å². The van der Waals surface area contributed by atoms with Crippen LogP contribution in [0.1, 0.15) is 144 Å². The summed E-state index contributed by atoms with van der Waals surface area (Å²) in [7, 11) is 3.87. The van der Waals surface area contributed by atoms with Gasteiger partial charge in [0.05, 0.1) is 27.1 Å². The van der Waals surface area contributed by atoms with Crippen molar-refractivity contribution in [3.8, 4) is 0 Å². The van der Waals surface area contributed by atoms with E-state index < -0.39 is 17.3 Å². The van der Waals surface area contributed by atoms with Crippen LogP contribution < -0.4 is 10.6 Å². The number of carbonyl (C=O) groups excluding carboxylic acids is 3. The van der Waals surface area contributed by atoms with E-state index >= 15 is 0 Å². The molecule has 0 radical (unpaired) electrons. The van der Waals surface area contributed by atoms with Gasteiger partial charge >= 0.3 is 12.0 Å². The van der Waals surface area contributed by atoms with Gasteiger partial charge in [0.15, 0.2) is 11.9 Å². The summed E-state index contributed by atoms with van der Waals surface area (Å²) in [5.74, 6) is -1.44. The van der Waals surface area contributed by atoms with Gasteiger partial charge in [0.1, 0.15) is 12.1 Å². The molecule has 2 rings (SSSR count). The highest BCUT2D eigenvalue weighted by atomic mass is 16.7. The molecule has 1 aliphatic heterocycles. The Morgan fingerprint density at radius 3 is 2.02 bits per heavy atom. The second-order valence-corrected chi connectivity index (χ2v) is 14.8. The number of nitrogens with one attached hydrogen (secondary N) is 2. The summed E-state index contributed by atoms with van der Waals surface area (Å²) in [6.45, 7) is 11.0. The number of quaternary nitrogens is 1. The number of unbranched alkanes of at least 4 members (excludes halogenated alkanes) is 10. The Labute approximate surface area is 268 Å². The van der Waals surface area contributed by atoms with Crippen molar-refractivity contribution in [1.82, 2.24) is 10.6 Å². The zero-order valence-electron chi connectivity index (χ0n) is 29.3. The molecule has 3 unspecified atom stereocenters. The Balaban J connectivity index is 1.75. The Hall–Kier alpha value is -1.71. The average molecular weight is 625 g/mol. The topological polar surface area (TPSA) is 103 Å². The van der Waals surface area contributed by atoms with E-state index in [1.807, 2.05) is 27.9 Å². The highest BCUT2D eigenvalue weighted by molar-refractivity contribution is 5.82. The summed E-state index contributed by atoms with van der Waals surface area (Å²) in [5.41, 5.74) is -0.481. The molecule has 1 aliphatic carbocycles. The lowest BCUT2D eigenvalue weighted by molar-refractivity contribution is -0.841. The molecule has 2 N–H and O–H groups in total. The lowest BCUT2D eigenvalue weighted by atomic mass is 9.85. The van der Waals surface area contributed by atoms with Gasteiger partial charge in [0, 0.05) is 24.9 Å². The minimum atomic E-state index is -0.838. The summed E-state index contributed by atoms with van der Waals surface area (Å²) in [4.78, 5) is 39.2. The first-order valence-electron chi connectivity index (χ1n) is 17.7. The Morgan fingerprint density at radius 2 is 1.39 bits per heavy atom. The molecule has 1 heterocycles. The molecule has 256 valence electrons. The van der Waals surface area contributed by atoms with Crippen molar-refractivity contribution in [3.05, 3.63) is 0 Å². The van der Waals surface area contributed by atoms with Gasteiger partial charge in [-0.3, -0.25) is 9.59 Å². The number of carbonyl (C=O) groups is 3. The molecule has 2 fully saturated rings. The number of nitrogens with zero attached hydrogens (tertiary/aromatic N) is 1. The highest BCUT2D eigenvalue weighted by Gasteiger charge is 2.46. The van der Waals surface area contributed by atoms with Gasteiger partial charge < -0.3 is 24.8 Å². The fourth-order valence-corrected chi connectivity index (χ4v) is 6.40. The average Bonchev–Trinajstić information content (AvgIpc) is 3.20. The first-order chi connectivity index (χ1) is 20.8. The molecule has 1 saturated carbocycles. The molecular weight excluding hydrogens is 558 g/mol. The van der Waals surface area contributed by atoms with Crippen LogP contribution in [0.2, 0.25) is 0 Å². The number of likely N-dealkylation sites (N-methyl/N-ethyl adjacent to an activating group) is 1. The first kappa shape index (κ1) is 38.5. The van der Waals surface area contributed by atoms with Crippen molar-refractivity contribution >= 4 is 17.9 Å². The van der Waals surface area contributed by atoms with Crippen LogP contribution in [0.3, 0.4) is 0 Å². The number of hydrogen-bond acceptors (Lipinski definition) is 6. The Bertz CT molecular complexity index is 875. The zero-order chi connectivity index (χ0) is 32.6. The van der Waals surface area contributed by atoms with E-state index in [0.29, 0.717) is 13.2 Å². The molecule has 0 aromatic carbocycles. The van der Waals surface area contributed by atoms with Crippen LogP contribution in [0.15, 0.2) is 0 Å². The summed E-state index contributed by atoms with van der Waals surface area (Å²) >= 11 is 0. The third-order valence-electron chi connectivity index (χ3n) is 9.38. The molecule has 0 bridgehead atoms. The van der Waals surface area contributed by atoms with E-state index in [2.05, 4.69) is 17.6 Å². The predicted octanol–water partition coefficient (Wildman–Crippen LogP) is 7.01. The SMILES string of the molecule is CCCCCCCCCCCCCNC(=O)[N+](C)(C)C1CCCCCC1OC(=O)CCNC(=O)C1OC(C)(C)OCC1(C)C. The maximum absolute atomic E-state index is 13.3. The monoisotopic (exact) mass is 624 g/mol. The van der Waals surface area contributed by atoms with Crippen LogP contribution in [0.4, 0.5) is 4.79 Å². The van der Waals surface area contributed by atoms with Crippen LogP contribution in [-0.4, -0.2) is 80.2 Å². The molecule has 9 nitrogen and oxygen atoms in total. The smallest absolute Gasteiger partial charge is 0.416 e. The van der Waals surface area contributed by atoms with Gasteiger partial charge in [0.2, 0.25) is 5.91 Å². The fourth-order valence-electron chi connectivity index (χ4n) is 6.40.